The van der Waals surface area contributed by atoms with E-state index in [0.717, 1.165) is 12.1 Å². The molecule has 0 saturated carbocycles. The Morgan fingerprint density at radius 2 is 1.82 bits per heavy atom. The largest absolute Gasteiger partial charge is 0.481 e. The van der Waals surface area contributed by atoms with Gasteiger partial charge < -0.3 is 28.9 Å². The van der Waals surface area contributed by atoms with Crippen molar-refractivity contribution >= 4 is 29.0 Å². The molecule has 0 radical (unpaired) electrons. The van der Waals surface area contributed by atoms with Crippen LogP contribution in [0.4, 0.5) is 13.6 Å². The van der Waals surface area contributed by atoms with Gasteiger partial charge in [0.2, 0.25) is 0 Å². The second-order valence-corrected chi connectivity index (χ2v) is 11.7. The summed E-state index contributed by atoms with van der Waals surface area (Å²) in [7, 11) is 1.58. The number of carbonyl (C=O) groups is 3. The Balaban J connectivity index is 2.03. The number of likely N-dealkylation sites (tertiary alicyclic amines) is 1. The number of carboxylic acids is 1. The first kappa shape index (κ1) is 31.3. The van der Waals surface area contributed by atoms with Crippen molar-refractivity contribution in [2.24, 2.45) is 11.8 Å². The smallest absolute Gasteiger partial charge is 0.410 e. The number of benzene rings is 1. The van der Waals surface area contributed by atoms with E-state index < -0.39 is 47.2 Å². The predicted molar refractivity (Wildman–Crippen MR) is 144 cm³/mol. The van der Waals surface area contributed by atoms with Crippen LogP contribution in [0.15, 0.2) is 12.1 Å². The number of amides is 2. The summed E-state index contributed by atoms with van der Waals surface area (Å²) in [5, 5.41) is 9.86. The Kier molecular flexibility index (Phi) is 10.1. The highest BCUT2D eigenvalue weighted by Crippen LogP contribution is 2.27. The lowest BCUT2D eigenvalue weighted by Gasteiger charge is -2.42. The van der Waals surface area contributed by atoms with Gasteiger partial charge in [-0.25, -0.2) is 18.6 Å². The van der Waals surface area contributed by atoms with Gasteiger partial charge >= 0.3 is 12.1 Å². The molecule has 0 aliphatic carbocycles. The maximum Gasteiger partial charge on any atom is 0.410 e. The maximum atomic E-state index is 14.2. The number of halogens is 2. The Bertz CT molecular complexity index is 1230. The van der Waals surface area contributed by atoms with Crippen molar-refractivity contribution in [1.29, 1.82) is 0 Å². The lowest BCUT2D eigenvalue weighted by atomic mass is 9.92. The second-order valence-electron chi connectivity index (χ2n) is 11.7. The van der Waals surface area contributed by atoms with Crippen LogP contribution in [0.5, 0.6) is 0 Å². The first-order chi connectivity index (χ1) is 18.7. The lowest BCUT2D eigenvalue weighted by molar-refractivity contribution is -0.144. The van der Waals surface area contributed by atoms with Crippen molar-refractivity contribution in [2.45, 2.75) is 72.1 Å². The van der Waals surface area contributed by atoms with Crippen molar-refractivity contribution in [1.82, 2.24) is 19.4 Å². The third-order valence-corrected chi connectivity index (χ3v) is 6.65. The summed E-state index contributed by atoms with van der Waals surface area (Å²) in [6, 6.07) is 1.35. The second kappa shape index (κ2) is 12.9. The Morgan fingerprint density at radius 1 is 1.15 bits per heavy atom. The molecule has 12 heteroatoms. The number of aromatic nitrogens is 2. The molecule has 2 aromatic rings. The highest BCUT2D eigenvalue weighted by Gasteiger charge is 2.40. The summed E-state index contributed by atoms with van der Waals surface area (Å²) in [6.07, 6.45) is 0.748. The summed E-state index contributed by atoms with van der Waals surface area (Å²) in [5.74, 6) is -4.61. The summed E-state index contributed by atoms with van der Waals surface area (Å²) in [6.45, 7) is 10.1. The highest BCUT2D eigenvalue weighted by molar-refractivity contribution is 5.95. The molecule has 10 nitrogen and oxygen atoms in total. The number of piperidine rings is 1. The van der Waals surface area contributed by atoms with E-state index in [1.807, 2.05) is 13.8 Å². The number of carbonyl (C=O) groups excluding carboxylic acids is 2. The monoisotopic (exact) mass is 566 g/mol. The van der Waals surface area contributed by atoms with Crippen LogP contribution < -0.4 is 0 Å². The molecule has 1 fully saturated rings. The van der Waals surface area contributed by atoms with Crippen LogP contribution in [-0.2, 0) is 20.8 Å². The van der Waals surface area contributed by atoms with Crippen molar-refractivity contribution in [3.63, 3.8) is 0 Å². The van der Waals surface area contributed by atoms with Crippen LogP contribution in [0.25, 0.3) is 11.0 Å². The topological polar surface area (TPSA) is 114 Å². The number of unbranched alkanes of at least 4 members (excludes halogenated alkanes) is 1. The van der Waals surface area contributed by atoms with E-state index in [-0.39, 0.29) is 48.8 Å². The Labute approximate surface area is 233 Å². The zero-order valence-electron chi connectivity index (χ0n) is 24.1. The number of imidazole rings is 1. The molecule has 2 amide bonds. The van der Waals surface area contributed by atoms with Gasteiger partial charge in [0.1, 0.15) is 5.60 Å². The highest BCUT2D eigenvalue weighted by atomic mass is 19.2. The molecule has 1 aliphatic rings. The average molecular weight is 567 g/mol. The quantitative estimate of drug-likeness (QED) is 0.420. The van der Waals surface area contributed by atoms with Crippen LogP contribution in [0, 0.1) is 23.5 Å². The lowest BCUT2D eigenvalue weighted by Crippen LogP contribution is -2.57. The third-order valence-electron chi connectivity index (χ3n) is 6.65. The average Bonchev–Trinajstić information content (AvgIpc) is 3.20. The van der Waals surface area contributed by atoms with Gasteiger partial charge in [0.05, 0.1) is 23.0 Å². The van der Waals surface area contributed by atoms with E-state index in [9.17, 15) is 28.3 Å². The number of fused-ring (bicyclic) bond motifs is 1. The molecule has 3 rings (SSSR count). The van der Waals surface area contributed by atoms with Crippen LogP contribution in [0.2, 0.25) is 0 Å². The van der Waals surface area contributed by atoms with Gasteiger partial charge in [0.15, 0.2) is 17.5 Å². The maximum absolute atomic E-state index is 14.2. The van der Waals surface area contributed by atoms with Crippen molar-refractivity contribution in [3.8, 4) is 0 Å². The molecule has 1 aromatic heterocycles. The van der Waals surface area contributed by atoms with Crippen LogP contribution in [0.3, 0.4) is 0 Å². The van der Waals surface area contributed by atoms with Crippen molar-refractivity contribution in [3.05, 3.63) is 29.6 Å². The minimum atomic E-state index is -1.08. The van der Waals surface area contributed by atoms with Crippen LogP contribution in [0.1, 0.15) is 64.5 Å². The first-order valence-corrected chi connectivity index (χ1v) is 13.6. The number of carboxylic acid groups (broad SMARTS) is 1. The Morgan fingerprint density at radius 3 is 2.42 bits per heavy atom. The number of aryl methyl sites for hydroxylation is 1. The van der Waals surface area contributed by atoms with E-state index in [1.54, 1.807) is 32.4 Å². The minimum Gasteiger partial charge on any atom is -0.481 e. The number of aliphatic carboxylic acids is 1. The van der Waals surface area contributed by atoms with E-state index in [2.05, 4.69) is 4.98 Å². The fourth-order valence-electron chi connectivity index (χ4n) is 4.90. The number of nitrogens with zero attached hydrogens (tertiary/aromatic N) is 4. The fraction of sp³-hybridized carbons (Fsp3) is 0.643. The van der Waals surface area contributed by atoms with Crippen molar-refractivity contribution in [2.75, 3.05) is 33.4 Å². The summed E-state index contributed by atoms with van der Waals surface area (Å²) in [5.41, 5.74) is -0.360. The molecule has 1 aromatic carbocycles. The van der Waals surface area contributed by atoms with E-state index in [1.165, 1.54) is 9.80 Å². The minimum absolute atomic E-state index is 0.000617. The van der Waals surface area contributed by atoms with Gasteiger partial charge in [-0.3, -0.25) is 9.59 Å². The molecular formula is C28H40F2N4O6. The number of rotatable bonds is 10. The molecule has 1 saturated heterocycles. The molecule has 40 heavy (non-hydrogen) atoms. The zero-order valence-corrected chi connectivity index (χ0v) is 24.1. The number of methoxy groups -OCH3 is 1. The number of hydrogen-bond acceptors (Lipinski definition) is 6. The van der Waals surface area contributed by atoms with E-state index in [4.69, 9.17) is 9.47 Å². The summed E-state index contributed by atoms with van der Waals surface area (Å²) < 4.78 is 40.5. The SMILES string of the molecule is COCCCCn1c(C(=O)N(CC(C)C)[C@H]2C[C@@H](C(=O)O)CN(C(=O)OC(C)(C)C)C2)nc2cc(F)c(F)cc21. The van der Waals surface area contributed by atoms with E-state index in [0.29, 0.717) is 26.0 Å². The van der Waals surface area contributed by atoms with Gasteiger partial charge in [0, 0.05) is 52.0 Å². The molecular weight excluding hydrogens is 526 g/mol. The standard InChI is InChI=1S/C28H40F2N4O6/c1-17(2)14-34(19-11-18(26(36)37)15-32(16-19)27(38)40-28(3,4)5)25(35)24-31-22-12-20(29)21(30)13-23(22)33(24)9-7-8-10-39-6/h12-13,17-19H,7-11,14-16H2,1-6H3,(H,36,37)/t18-,19+/m1/s1. The van der Waals surface area contributed by atoms with Gasteiger partial charge in [-0.05, 0) is 46.0 Å². The third kappa shape index (κ3) is 7.67. The van der Waals surface area contributed by atoms with Gasteiger partial charge in [-0.2, -0.15) is 0 Å². The summed E-state index contributed by atoms with van der Waals surface area (Å²) >= 11 is 0. The molecule has 0 bridgehead atoms. The zero-order chi connectivity index (χ0) is 29.8. The normalized spacial score (nSPS) is 17.9. The molecule has 222 valence electrons. The summed E-state index contributed by atoms with van der Waals surface area (Å²) in [4.78, 5) is 46.4. The molecule has 0 unspecified atom stereocenters. The first-order valence-electron chi connectivity index (χ1n) is 13.6. The number of ether oxygens (including phenoxy) is 2. The molecule has 0 spiro atoms. The Hall–Kier alpha value is -3.28. The molecule has 2 heterocycles. The van der Waals surface area contributed by atoms with Crippen molar-refractivity contribution < 1.29 is 37.7 Å². The molecule has 2 atom stereocenters. The number of hydrogen-bond donors (Lipinski definition) is 1. The van der Waals surface area contributed by atoms with Gasteiger partial charge in [-0.15, -0.1) is 0 Å². The molecule has 1 N–H and O–H groups in total. The van der Waals surface area contributed by atoms with Crippen LogP contribution >= 0.6 is 0 Å². The fourth-order valence-corrected chi connectivity index (χ4v) is 4.90. The van der Waals surface area contributed by atoms with E-state index >= 15 is 0 Å². The molecule has 1 aliphatic heterocycles. The predicted octanol–water partition coefficient (Wildman–Crippen LogP) is 4.55. The van der Waals surface area contributed by atoms with Gasteiger partial charge in [0.25, 0.3) is 5.91 Å². The van der Waals surface area contributed by atoms with Crippen LogP contribution in [-0.4, -0.2) is 87.4 Å². The van der Waals surface area contributed by atoms with Gasteiger partial charge in [-0.1, -0.05) is 13.8 Å².